The summed E-state index contributed by atoms with van der Waals surface area (Å²) >= 11 is 0. The zero-order chi connectivity index (χ0) is 10.7. The monoisotopic (exact) mass is 201 g/mol. The summed E-state index contributed by atoms with van der Waals surface area (Å²) in [5.41, 5.74) is 0. The molecule has 5 nitrogen and oxygen atoms in total. The quantitative estimate of drug-likeness (QED) is 0.688. The molecule has 0 aromatic heterocycles. The van der Waals surface area contributed by atoms with Crippen molar-refractivity contribution < 1.29 is 19.4 Å². The van der Waals surface area contributed by atoms with Gasteiger partial charge in [-0.15, -0.1) is 0 Å². The first-order chi connectivity index (χ1) is 6.49. The van der Waals surface area contributed by atoms with Gasteiger partial charge in [-0.05, 0) is 6.92 Å². The van der Waals surface area contributed by atoms with Gasteiger partial charge >= 0.3 is 5.97 Å². The van der Waals surface area contributed by atoms with Crippen LogP contribution < -0.4 is 0 Å². The normalized spacial score (nSPS) is 27.4. The SMILES string of the molecule is CC(=O)N1CC(C)OC(CC(=O)O)C1. The fraction of sp³-hybridized carbons (Fsp3) is 0.778. The van der Waals surface area contributed by atoms with Gasteiger partial charge < -0.3 is 14.7 Å². The molecule has 1 aliphatic rings. The molecule has 2 unspecified atom stereocenters. The number of amides is 1. The minimum atomic E-state index is -0.896. The van der Waals surface area contributed by atoms with Gasteiger partial charge in [0.05, 0.1) is 18.6 Å². The van der Waals surface area contributed by atoms with Crippen LogP contribution in [0.3, 0.4) is 0 Å². The lowest BCUT2D eigenvalue weighted by Gasteiger charge is -2.35. The summed E-state index contributed by atoms with van der Waals surface area (Å²) in [6, 6.07) is 0. The predicted molar refractivity (Wildman–Crippen MR) is 48.8 cm³/mol. The van der Waals surface area contributed by atoms with E-state index in [0.717, 1.165) is 0 Å². The summed E-state index contributed by atoms with van der Waals surface area (Å²) in [6.07, 6.45) is -0.508. The van der Waals surface area contributed by atoms with E-state index in [0.29, 0.717) is 13.1 Å². The number of morpholine rings is 1. The van der Waals surface area contributed by atoms with Gasteiger partial charge in [0.2, 0.25) is 5.91 Å². The lowest BCUT2D eigenvalue weighted by molar-refractivity contribution is -0.152. The van der Waals surface area contributed by atoms with E-state index in [9.17, 15) is 9.59 Å². The molecule has 0 aliphatic carbocycles. The zero-order valence-electron chi connectivity index (χ0n) is 8.40. The number of ether oxygens (including phenoxy) is 1. The topological polar surface area (TPSA) is 66.8 Å². The molecule has 0 bridgehead atoms. The second kappa shape index (κ2) is 4.41. The lowest BCUT2D eigenvalue weighted by atomic mass is 10.1. The van der Waals surface area contributed by atoms with E-state index >= 15 is 0 Å². The molecule has 2 atom stereocenters. The molecule has 1 fully saturated rings. The van der Waals surface area contributed by atoms with Crippen molar-refractivity contribution in [3.05, 3.63) is 0 Å². The average Bonchev–Trinajstić information content (AvgIpc) is 2.01. The Hall–Kier alpha value is -1.10. The smallest absolute Gasteiger partial charge is 0.306 e. The first kappa shape index (κ1) is 11.0. The highest BCUT2D eigenvalue weighted by Crippen LogP contribution is 2.13. The Morgan fingerprint density at radius 2 is 2.14 bits per heavy atom. The highest BCUT2D eigenvalue weighted by Gasteiger charge is 2.27. The van der Waals surface area contributed by atoms with Crippen LogP contribution in [-0.2, 0) is 14.3 Å². The van der Waals surface area contributed by atoms with Gasteiger partial charge in [-0.2, -0.15) is 0 Å². The van der Waals surface area contributed by atoms with Gasteiger partial charge in [0, 0.05) is 20.0 Å². The van der Waals surface area contributed by atoms with Gasteiger partial charge in [0.15, 0.2) is 0 Å². The molecule has 0 spiro atoms. The van der Waals surface area contributed by atoms with Crippen LogP contribution >= 0.6 is 0 Å². The second-order valence-corrected chi connectivity index (χ2v) is 3.59. The molecule has 14 heavy (non-hydrogen) atoms. The van der Waals surface area contributed by atoms with E-state index in [1.807, 2.05) is 6.92 Å². The van der Waals surface area contributed by atoms with Crippen LogP contribution in [-0.4, -0.2) is 47.2 Å². The minimum absolute atomic E-state index is 0.0319. The van der Waals surface area contributed by atoms with Crippen LogP contribution in [0.2, 0.25) is 0 Å². The summed E-state index contributed by atoms with van der Waals surface area (Å²) in [5.74, 6) is -0.928. The maximum atomic E-state index is 11.1. The maximum Gasteiger partial charge on any atom is 0.306 e. The molecule has 0 radical (unpaired) electrons. The number of nitrogens with zero attached hydrogens (tertiary/aromatic N) is 1. The molecule has 0 saturated carbocycles. The Balaban J connectivity index is 2.53. The molecular formula is C9H15NO4. The number of carbonyl (C=O) groups excluding carboxylic acids is 1. The van der Waals surface area contributed by atoms with Crippen molar-refractivity contribution in [3.63, 3.8) is 0 Å². The lowest BCUT2D eigenvalue weighted by Crippen LogP contribution is -2.49. The Morgan fingerprint density at radius 3 is 2.64 bits per heavy atom. The molecule has 1 aliphatic heterocycles. The van der Waals surface area contributed by atoms with Crippen LogP contribution in [0.5, 0.6) is 0 Å². The van der Waals surface area contributed by atoms with Crippen molar-refractivity contribution in [2.75, 3.05) is 13.1 Å². The molecule has 1 N–H and O–H groups in total. The maximum absolute atomic E-state index is 11.1. The van der Waals surface area contributed by atoms with E-state index in [2.05, 4.69) is 0 Å². The predicted octanol–water partition coefficient (Wildman–Crippen LogP) is 0.0969. The number of carbonyl (C=O) groups is 2. The number of carboxylic acids is 1. The molecule has 1 rings (SSSR count). The standard InChI is InChI=1S/C9H15NO4/c1-6-4-10(7(2)11)5-8(14-6)3-9(12)13/h6,8H,3-5H2,1-2H3,(H,12,13). The summed E-state index contributed by atoms with van der Waals surface area (Å²) in [6.45, 7) is 4.25. The second-order valence-electron chi connectivity index (χ2n) is 3.59. The summed E-state index contributed by atoms with van der Waals surface area (Å²) in [5, 5.41) is 8.59. The average molecular weight is 201 g/mol. The van der Waals surface area contributed by atoms with Gasteiger partial charge in [-0.25, -0.2) is 0 Å². The molecule has 0 aromatic rings. The molecule has 1 heterocycles. The summed E-state index contributed by atoms with van der Waals surface area (Å²) < 4.78 is 5.40. The number of aliphatic carboxylic acids is 1. The van der Waals surface area contributed by atoms with Gasteiger partial charge in [-0.3, -0.25) is 9.59 Å². The largest absolute Gasteiger partial charge is 0.481 e. The van der Waals surface area contributed by atoms with Gasteiger partial charge in [-0.1, -0.05) is 0 Å². The van der Waals surface area contributed by atoms with Crippen molar-refractivity contribution in [3.8, 4) is 0 Å². The first-order valence-corrected chi connectivity index (χ1v) is 4.61. The van der Waals surface area contributed by atoms with E-state index < -0.39 is 5.97 Å². The van der Waals surface area contributed by atoms with Crippen molar-refractivity contribution in [1.82, 2.24) is 4.90 Å². The van der Waals surface area contributed by atoms with Crippen LogP contribution in [0.1, 0.15) is 20.3 Å². The van der Waals surface area contributed by atoms with E-state index in [-0.39, 0.29) is 24.5 Å². The molecule has 5 heteroatoms. The molecule has 80 valence electrons. The fourth-order valence-corrected chi connectivity index (χ4v) is 1.61. The Labute approximate surface area is 82.6 Å². The zero-order valence-corrected chi connectivity index (χ0v) is 8.40. The fourth-order valence-electron chi connectivity index (χ4n) is 1.61. The Morgan fingerprint density at radius 1 is 1.50 bits per heavy atom. The molecule has 0 aromatic carbocycles. The molecule has 1 amide bonds. The van der Waals surface area contributed by atoms with Crippen molar-refractivity contribution in [2.45, 2.75) is 32.5 Å². The number of rotatable bonds is 2. The van der Waals surface area contributed by atoms with Crippen LogP contribution in [0, 0.1) is 0 Å². The number of hydrogen-bond acceptors (Lipinski definition) is 3. The summed E-state index contributed by atoms with van der Waals surface area (Å²) in [4.78, 5) is 23.2. The third-order valence-electron chi connectivity index (χ3n) is 2.17. The third kappa shape index (κ3) is 2.99. The first-order valence-electron chi connectivity index (χ1n) is 4.61. The highest BCUT2D eigenvalue weighted by atomic mass is 16.5. The molecular weight excluding hydrogens is 186 g/mol. The van der Waals surface area contributed by atoms with Crippen LogP contribution in [0.15, 0.2) is 0 Å². The van der Waals surface area contributed by atoms with Crippen molar-refractivity contribution in [1.29, 1.82) is 0 Å². The number of hydrogen-bond donors (Lipinski definition) is 1. The minimum Gasteiger partial charge on any atom is -0.481 e. The van der Waals surface area contributed by atoms with Crippen LogP contribution in [0.4, 0.5) is 0 Å². The van der Waals surface area contributed by atoms with E-state index in [4.69, 9.17) is 9.84 Å². The van der Waals surface area contributed by atoms with Crippen molar-refractivity contribution >= 4 is 11.9 Å². The van der Waals surface area contributed by atoms with Crippen LogP contribution in [0.25, 0.3) is 0 Å². The van der Waals surface area contributed by atoms with Crippen molar-refractivity contribution in [2.24, 2.45) is 0 Å². The Kier molecular flexibility index (Phi) is 3.46. The summed E-state index contributed by atoms with van der Waals surface area (Å²) in [7, 11) is 0. The number of carboxylic acid groups (broad SMARTS) is 1. The van der Waals surface area contributed by atoms with Gasteiger partial charge in [0.25, 0.3) is 0 Å². The van der Waals surface area contributed by atoms with Gasteiger partial charge in [0.1, 0.15) is 0 Å². The Bertz CT molecular complexity index is 241. The van der Waals surface area contributed by atoms with E-state index in [1.54, 1.807) is 4.90 Å². The molecule has 1 saturated heterocycles. The third-order valence-corrected chi connectivity index (χ3v) is 2.17. The van der Waals surface area contributed by atoms with E-state index in [1.165, 1.54) is 6.92 Å². The highest BCUT2D eigenvalue weighted by molar-refractivity contribution is 5.73.